The first-order chi connectivity index (χ1) is 9.65. The first kappa shape index (κ1) is 14.4. The average Bonchev–Trinajstić information content (AvgIpc) is 2.87. The second-order valence-electron chi connectivity index (χ2n) is 5.92. The molecule has 2 unspecified atom stereocenters. The fourth-order valence-electron chi connectivity index (χ4n) is 3.74. The summed E-state index contributed by atoms with van der Waals surface area (Å²) in [4.78, 5) is 14.8. The second-order valence-corrected chi connectivity index (χ2v) is 6.76. The van der Waals surface area contributed by atoms with Crippen LogP contribution in [0, 0.1) is 5.92 Å². The summed E-state index contributed by atoms with van der Waals surface area (Å²) in [5, 5.41) is 1.03. The topological polar surface area (TPSA) is 20.3 Å². The van der Waals surface area contributed by atoms with Crippen LogP contribution in [-0.4, -0.2) is 29.8 Å². The van der Waals surface area contributed by atoms with Gasteiger partial charge in [0.05, 0.1) is 11.6 Å². The van der Waals surface area contributed by atoms with E-state index in [9.17, 15) is 4.79 Å². The summed E-state index contributed by atoms with van der Waals surface area (Å²) < 4.78 is 0. The predicted octanol–water partition coefficient (Wildman–Crippen LogP) is 4.44. The number of likely N-dealkylation sites (tertiary alicyclic amines) is 1. The molecule has 1 saturated carbocycles. The second kappa shape index (κ2) is 6.05. The fourth-order valence-corrected chi connectivity index (χ4v) is 4.25. The van der Waals surface area contributed by atoms with Crippen LogP contribution in [0.1, 0.15) is 42.5 Å². The lowest BCUT2D eigenvalue weighted by atomic mass is 9.91. The van der Waals surface area contributed by atoms with Gasteiger partial charge in [0, 0.05) is 16.6 Å². The molecule has 1 aromatic carbocycles. The van der Waals surface area contributed by atoms with Gasteiger partial charge in [-0.1, -0.05) is 29.6 Å². The summed E-state index contributed by atoms with van der Waals surface area (Å²) >= 11 is 12.0. The summed E-state index contributed by atoms with van der Waals surface area (Å²) in [7, 11) is 0. The van der Waals surface area contributed by atoms with E-state index in [0.717, 1.165) is 12.5 Å². The molecule has 1 saturated heterocycles. The largest absolute Gasteiger partial charge is 0.293 e. The third-order valence-corrected chi connectivity index (χ3v) is 5.23. The molecule has 108 valence electrons. The van der Waals surface area contributed by atoms with Crippen molar-refractivity contribution < 1.29 is 4.79 Å². The highest BCUT2D eigenvalue weighted by atomic mass is 35.5. The minimum atomic E-state index is 0.110. The van der Waals surface area contributed by atoms with Gasteiger partial charge in [0.1, 0.15) is 0 Å². The summed E-state index contributed by atoms with van der Waals surface area (Å²) in [6.07, 6.45) is 6.42. The van der Waals surface area contributed by atoms with Crippen LogP contribution >= 0.6 is 23.2 Å². The van der Waals surface area contributed by atoms with Gasteiger partial charge in [0.15, 0.2) is 5.78 Å². The maximum atomic E-state index is 12.5. The Hall–Kier alpha value is -0.570. The van der Waals surface area contributed by atoms with Crippen molar-refractivity contribution in [1.82, 2.24) is 4.90 Å². The van der Waals surface area contributed by atoms with Crippen molar-refractivity contribution in [3.8, 4) is 0 Å². The molecule has 3 rings (SSSR count). The zero-order valence-corrected chi connectivity index (χ0v) is 13.0. The maximum Gasteiger partial charge on any atom is 0.178 e. The lowest BCUT2D eigenvalue weighted by Gasteiger charge is -2.37. The third-order valence-electron chi connectivity index (χ3n) is 4.69. The third kappa shape index (κ3) is 2.88. The van der Waals surface area contributed by atoms with Crippen LogP contribution in [0.25, 0.3) is 0 Å². The number of fused-ring (bicyclic) bond motifs is 1. The van der Waals surface area contributed by atoms with E-state index in [1.54, 1.807) is 18.2 Å². The Morgan fingerprint density at radius 3 is 2.80 bits per heavy atom. The van der Waals surface area contributed by atoms with E-state index in [0.29, 0.717) is 28.2 Å². The molecule has 20 heavy (non-hydrogen) atoms. The van der Waals surface area contributed by atoms with E-state index in [1.165, 1.54) is 32.1 Å². The number of hydrogen-bond acceptors (Lipinski definition) is 2. The van der Waals surface area contributed by atoms with Crippen LogP contribution < -0.4 is 0 Å². The molecule has 0 aromatic heterocycles. The fraction of sp³-hybridized carbons (Fsp3) is 0.562. The number of halogens is 2. The zero-order valence-electron chi connectivity index (χ0n) is 11.4. The van der Waals surface area contributed by atoms with Crippen molar-refractivity contribution in [2.75, 3.05) is 13.1 Å². The monoisotopic (exact) mass is 311 g/mol. The summed E-state index contributed by atoms with van der Waals surface area (Å²) in [6.45, 7) is 1.53. The van der Waals surface area contributed by atoms with Crippen molar-refractivity contribution >= 4 is 29.0 Å². The number of Topliss-reactive ketones (excluding diaryl/α,β-unsaturated/α-hetero) is 1. The van der Waals surface area contributed by atoms with Gasteiger partial charge in [0.25, 0.3) is 0 Å². The molecule has 0 amide bonds. The number of ketones is 1. The summed E-state index contributed by atoms with van der Waals surface area (Å²) in [6, 6.07) is 5.72. The van der Waals surface area contributed by atoms with Crippen LogP contribution in [0.15, 0.2) is 18.2 Å². The molecular weight excluding hydrogens is 293 g/mol. The van der Waals surface area contributed by atoms with Crippen molar-refractivity contribution in [2.24, 2.45) is 5.92 Å². The minimum absolute atomic E-state index is 0.110. The summed E-state index contributed by atoms with van der Waals surface area (Å²) in [5.74, 6) is 0.913. The van der Waals surface area contributed by atoms with Crippen LogP contribution in [0.2, 0.25) is 10.0 Å². The van der Waals surface area contributed by atoms with Gasteiger partial charge in [-0.05, 0) is 56.3 Å². The molecular formula is C16H19Cl2NO. The quantitative estimate of drug-likeness (QED) is 0.769. The molecule has 0 N–H and O–H groups in total. The first-order valence-electron chi connectivity index (χ1n) is 7.37. The van der Waals surface area contributed by atoms with Crippen molar-refractivity contribution in [3.63, 3.8) is 0 Å². The van der Waals surface area contributed by atoms with Gasteiger partial charge in [-0.3, -0.25) is 9.69 Å². The van der Waals surface area contributed by atoms with Crippen molar-refractivity contribution in [3.05, 3.63) is 33.8 Å². The van der Waals surface area contributed by atoms with Gasteiger partial charge in [-0.2, -0.15) is 0 Å². The van der Waals surface area contributed by atoms with Gasteiger partial charge < -0.3 is 0 Å². The Balaban J connectivity index is 1.72. The van der Waals surface area contributed by atoms with Crippen molar-refractivity contribution in [1.29, 1.82) is 0 Å². The maximum absolute atomic E-state index is 12.5. The predicted molar refractivity (Wildman–Crippen MR) is 82.7 cm³/mol. The minimum Gasteiger partial charge on any atom is -0.293 e. The van der Waals surface area contributed by atoms with Gasteiger partial charge in [-0.25, -0.2) is 0 Å². The molecule has 1 heterocycles. The average molecular weight is 312 g/mol. The van der Waals surface area contributed by atoms with E-state index >= 15 is 0 Å². The highest BCUT2D eigenvalue weighted by Gasteiger charge is 2.35. The number of carbonyl (C=O) groups is 1. The molecule has 4 heteroatoms. The highest BCUT2D eigenvalue weighted by Crippen LogP contribution is 2.36. The lowest BCUT2D eigenvalue weighted by molar-refractivity contribution is 0.0777. The zero-order chi connectivity index (χ0) is 14.1. The lowest BCUT2D eigenvalue weighted by Crippen LogP contribution is -2.45. The number of piperidine rings is 1. The van der Waals surface area contributed by atoms with Crippen LogP contribution in [0.3, 0.4) is 0 Å². The molecule has 2 nitrogen and oxygen atoms in total. The van der Waals surface area contributed by atoms with Gasteiger partial charge in [-0.15, -0.1) is 0 Å². The molecule has 1 aliphatic heterocycles. The number of rotatable bonds is 3. The standard InChI is InChI=1S/C16H19Cl2NO/c17-12-6-7-13(14(18)9-12)16(20)10-19-8-2-4-11-3-1-5-15(11)19/h6-7,9,11,15H,1-5,8,10H2. The Morgan fingerprint density at radius 1 is 1.20 bits per heavy atom. The Kier molecular flexibility index (Phi) is 4.34. The van der Waals surface area contributed by atoms with Crippen LogP contribution in [0.4, 0.5) is 0 Å². The number of hydrogen-bond donors (Lipinski definition) is 0. The molecule has 0 spiro atoms. The SMILES string of the molecule is O=C(CN1CCCC2CCCC21)c1ccc(Cl)cc1Cl. The summed E-state index contributed by atoms with van der Waals surface area (Å²) in [5.41, 5.74) is 0.594. The van der Waals surface area contributed by atoms with Gasteiger partial charge in [0.2, 0.25) is 0 Å². The van der Waals surface area contributed by atoms with Crippen molar-refractivity contribution in [2.45, 2.75) is 38.1 Å². The molecule has 1 aromatic rings. The van der Waals surface area contributed by atoms with Gasteiger partial charge >= 0.3 is 0 Å². The Labute approximate surface area is 130 Å². The first-order valence-corrected chi connectivity index (χ1v) is 8.13. The Morgan fingerprint density at radius 2 is 2.00 bits per heavy atom. The van der Waals surface area contributed by atoms with Crippen LogP contribution in [-0.2, 0) is 0 Å². The van der Waals surface area contributed by atoms with E-state index in [-0.39, 0.29) is 5.78 Å². The Bertz CT molecular complexity index is 517. The molecule has 2 atom stereocenters. The molecule has 0 radical (unpaired) electrons. The van der Waals surface area contributed by atoms with E-state index < -0.39 is 0 Å². The molecule has 1 aliphatic carbocycles. The molecule has 2 aliphatic rings. The molecule has 2 fully saturated rings. The van der Waals surface area contributed by atoms with E-state index in [4.69, 9.17) is 23.2 Å². The normalized spacial score (nSPS) is 26.5. The number of carbonyl (C=O) groups excluding carboxylic acids is 1. The smallest absolute Gasteiger partial charge is 0.178 e. The number of benzene rings is 1. The van der Waals surface area contributed by atoms with E-state index in [1.807, 2.05) is 0 Å². The highest BCUT2D eigenvalue weighted by molar-refractivity contribution is 6.36. The van der Waals surface area contributed by atoms with E-state index in [2.05, 4.69) is 4.90 Å². The molecule has 0 bridgehead atoms. The number of nitrogens with zero attached hydrogens (tertiary/aromatic N) is 1. The van der Waals surface area contributed by atoms with Crippen LogP contribution in [0.5, 0.6) is 0 Å².